The largest absolute Gasteiger partial charge is 0.496 e. The predicted octanol–water partition coefficient (Wildman–Crippen LogP) is 2.04. The summed E-state index contributed by atoms with van der Waals surface area (Å²) in [7, 11) is 3.37. The standard InChI is InChI=1S/C15H26N2O2/c1-12(2)10-16-8-9-17-11-13-14(18-3)6-5-7-15(13)19-4/h5-7,12,16-17H,8-11H2,1-4H3. The highest BCUT2D eigenvalue weighted by atomic mass is 16.5. The minimum atomic E-state index is 0.689. The maximum absolute atomic E-state index is 5.36. The van der Waals surface area contributed by atoms with Crippen LogP contribution in [0.15, 0.2) is 18.2 Å². The van der Waals surface area contributed by atoms with E-state index in [-0.39, 0.29) is 0 Å². The molecule has 1 aromatic rings. The molecule has 0 saturated carbocycles. The van der Waals surface area contributed by atoms with Gasteiger partial charge in [0.05, 0.1) is 14.2 Å². The van der Waals surface area contributed by atoms with Crippen molar-refractivity contribution in [3.63, 3.8) is 0 Å². The van der Waals surface area contributed by atoms with Crippen LogP contribution in [0, 0.1) is 5.92 Å². The Bertz CT molecular complexity index is 345. The maximum Gasteiger partial charge on any atom is 0.127 e. The minimum Gasteiger partial charge on any atom is -0.496 e. The van der Waals surface area contributed by atoms with Gasteiger partial charge in [-0.2, -0.15) is 0 Å². The van der Waals surface area contributed by atoms with E-state index in [4.69, 9.17) is 9.47 Å². The van der Waals surface area contributed by atoms with Gasteiger partial charge in [0.2, 0.25) is 0 Å². The first-order valence-electron chi connectivity index (χ1n) is 6.80. The Morgan fingerprint density at radius 3 is 2.11 bits per heavy atom. The fourth-order valence-corrected chi connectivity index (χ4v) is 1.88. The molecule has 0 aromatic heterocycles. The smallest absolute Gasteiger partial charge is 0.127 e. The van der Waals surface area contributed by atoms with Crippen LogP contribution < -0.4 is 20.1 Å². The summed E-state index contributed by atoms with van der Waals surface area (Å²) in [5.74, 6) is 2.42. The molecule has 1 rings (SSSR count). The zero-order chi connectivity index (χ0) is 14.1. The monoisotopic (exact) mass is 266 g/mol. The molecular formula is C15H26N2O2. The molecule has 0 radical (unpaired) electrons. The fraction of sp³-hybridized carbons (Fsp3) is 0.600. The van der Waals surface area contributed by atoms with Crippen LogP contribution in [0.5, 0.6) is 11.5 Å². The summed E-state index contributed by atoms with van der Waals surface area (Å²) in [6.07, 6.45) is 0. The molecule has 0 saturated heterocycles. The third kappa shape index (κ3) is 5.49. The molecule has 0 atom stereocenters. The highest BCUT2D eigenvalue weighted by molar-refractivity contribution is 5.44. The van der Waals surface area contributed by atoms with Gasteiger partial charge in [-0.15, -0.1) is 0 Å². The van der Waals surface area contributed by atoms with Crippen LogP contribution in [0.4, 0.5) is 0 Å². The first kappa shape index (κ1) is 15.8. The van der Waals surface area contributed by atoms with Crippen LogP contribution in [0.3, 0.4) is 0 Å². The summed E-state index contributed by atoms with van der Waals surface area (Å²) in [6.45, 7) is 8.11. The van der Waals surface area contributed by atoms with Crippen LogP contribution in [0.2, 0.25) is 0 Å². The second kappa shape index (κ2) is 8.77. The molecule has 0 aliphatic rings. The van der Waals surface area contributed by atoms with Crippen LogP contribution in [-0.4, -0.2) is 33.9 Å². The van der Waals surface area contributed by atoms with Crippen LogP contribution >= 0.6 is 0 Å². The van der Waals surface area contributed by atoms with Gasteiger partial charge in [-0.25, -0.2) is 0 Å². The van der Waals surface area contributed by atoms with Crippen molar-refractivity contribution in [1.82, 2.24) is 10.6 Å². The molecule has 4 heteroatoms. The zero-order valence-electron chi connectivity index (χ0n) is 12.5. The molecule has 0 aliphatic heterocycles. The fourth-order valence-electron chi connectivity index (χ4n) is 1.88. The van der Waals surface area contributed by atoms with E-state index in [0.717, 1.165) is 43.2 Å². The van der Waals surface area contributed by atoms with Gasteiger partial charge in [0.25, 0.3) is 0 Å². The Kier molecular flexibility index (Phi) is 7.30. The van der Waals surface area contributed by atoms with Gasteiger partial charge in [-0.1, -0.05) is 19.9 Å². The number of ether oxygens (including phenoxy) is 2. The molecule has 0 bridgehead atoms. The number of nitrogens with one attached hydrogen (secondary N) is 2. The van der Waals surface area contributed by atoms with Crippen molar-refractivity contribution in [2.75, 3.05) is 33.9 Å². The third-order valence-electron chi connectivity index (χ3n) is 2.86. The first-order valence-corrected chi connectivity index (χ1v) is 6.80. The van der Waals surface area contributed by atoms with Gasteiger partial charge < -0.3 is 20.1 Å². The van der Waals surface area contributed by atoms with Gasteiger partial charge in [0.15, 0.2) is 0 Å². The molecule has 0 aliphatic carbocycles. The van der Waals surface area contributed by atoms with Crippen molar-refractivity contribution >= 4 is 0 Å². The van der Waals surface area contributed by atoms with Crippen LogP contribution in [-0.2, 0) is 6.54 Å². The number of hydrogen-bond acceptors (Lipinski definition) is 4. The van der Waals surface area contributed by atoms with E-state index in [2.05, 4.69) is 24.5 Å². The van der Waals surface area contributed by atoms with Crippen molar-refractivity contribution in [3.05, 3.63) is 23.8 Å². The van der Waals surface area contributed by atoms with E-state index in [1.165, 1.54) is 0 Å². The molecule has 0 amide bonds. The lowest BCUT2D eigenvalue weighted by atomic mass is 10.1. The molecule has 0 unspecified atom stereocenters. The molecule has 0 heterocycles. The quantitative estimate of drug-likeness (QED) is 0.671. The first-order chi connectivity index (χ1) is 9.19. The van der Waals surface area contributed by atoms with Crippen molar-refractivity contribution in [2.24, 2.45) is 5.92 Å². The molecule has 108 valence electrons. The highest BCUT2D eigenvalue weighted by Gasteiger charge is 2.08. The topological polar surface area (TPSA) is 42.5 Å². The third-order valence-corrected chi connectivity index (χ3v) is 2.86. The molecule has 1 aromatic carbocycles. The molecule has 2 N–H and O–H groups in total. The SMILES string of the molecule is COc1cccc(OC)c1CNCCNCC(C)C. The summed E-state index contributed by atoms with van der Waals surface area (Å²) in [5, 5.41) is 6.81. The second-order valence-electron chi connectivity index (χ2n) is 4.92. The summed E-state index contributed by atoms with van der Waals surface area (Å²) in [4.78, 5) is 0. The molecule has 19 heavy (non-hydrogen) atoms. The zero-order valence-corrected chi connectivity index (χ0v) is 12.5. The van der Waals surface area contributed by atoms with Crippen LogP contribution in [0.25, 0.3) is 0 Å². The van der Waals surface area contributed by atoms with E-state index in [1.807, 2.05) is 18.2 Å². The normalized spacial score (nSPS) is 10.8. The Balaban J connectivity index is 2.40. The number of rotatable bonds is 9. The van der Waals surface area contributed by atoms with E-state index in [9.17, 15) is 0 Å². The molecule has 0 spiro atoms. The Hall–Kier alpha value is -1.26. The van der Waals surface area contributed by atoms with Crippen molar-refractivity contribution in [3.8, 4) is 11.5 Å². The van der Waals surface area contributed by atoms with Gasteiger partial charge in [0.1, 0.15) is 11.5 Å². The lowest BCUT2D eigenvalue weighted by molar-refractivity contribution is 0.382. The van der Waals surface area contributed by atoms with Crippen LogP contribution in [0.1, 0.15) is 19.4 Å². The molecule has 0 fully saturated rings. The number of hydrogen-bond donors (Lipinski definition) is 2. The van der Waals surface area contributed by atoms with E-state index in [1.54, 1.807) is 14.2 Å². The summed E-state index contributed by atoms with van der Waals surface area (Å²) >= 11 is 0. The Morgan fingerprint density at radius 1 is 1.00 bits per heavy atom. The Labute approximate surface area is 116 Å². The van der Waals surface area contributed by atoms with E-state index in [0.29, 0.717) is 5.92 Å². The van der Waals surface area contributed by atoms with Crippen molar-refractivity contribution in [1.29, 1.82) is 0 Å². The van der Waals surface area contributed by atoms with Crippen molar-refractivity contribution in [2.45, 2.75) is 20.4 Å². The van der Waals surface area contributed by atoms with E-state index >= 15 is 0 Å². The number of methoxy groups -OCH3 is 2. The summed E-state index contributed by atoms with van der Waals surface area (Å²) in [5.41, 5.74) is 1.07. The van der Waals surface area contributed by atoms with Gasteiger partial charge in [-0.05, 0) is 24.6 Å². The molecule has 4 nitrogen and oxygen atoms in total. The van der Waals surface area contributed by atoms with Crippen molar-refractivity contribution < 1.29 is 9.47 Å². The van der Waals surface area contributed by atoms with E-state index < -0.39 is 0 Å². The minimum absolute atomic E-state index is 0.689. The van der Waals surface area contributed by atoms with Gasteiger partial charge in [0, 0.05) is 25.2 Å². The summed E-state index contributed by atoms with van der Waals surface area (Å²) < 4.78 is 10.7. The summed E-state index contributed by atoms with van der Waals surface area (Å²) in [6, 6.07) is 5.85. The highest BCUT2D eigenvalue weighted by Crippen LogP contribution is 2.27. The van der Waals surface area contributed by atoms with Gasteiger partial charge >= 0.3 is 0 Å². The second-order valence-corrected chi connectivity index (χ2v) is 4.92. The lowest BCUT2D eigenvalue weighted by Gasteiger charge is -2.14. The average molecular weight is 266 g/mol. The Morgan fingerprint density at radius 2 is 1.58 bits per heavy atom. The van der Waals surface area contributed by atoms with Gasteiger partial charge in [-0.3, -0.25) is 0 Å². The predicted molar refractivity (Wildman–Crippen MR) is 79.0 cm³/mol. The molecular weight excluding hydrogens is 240 g/mol. The average Bonchev–Trinajstić information content (AvgIpc) is 2.42. The maximum atomic E-state index is 5.36. The number of benzene rings is 1. The lowest BCUT2D eigenvalue weighted by Crippen LogP contribution is -2.29.